The van der Waals surface area contributed by atoms with E-state index in [2.05, 4.69) is 17.1 Å². The Hall–Kier alpha value is -1.09. The van der Waals surface area contributed by atoms with E-state index in [0.717, 1.165) is 24.7 Å². The lowest BCUT2D eigenvalue weighted by Crippen LogP contribution is -2.36. The predicted molar refractivity (Wildman–Crippen MR) is 79.0 cm³/mol. The summed E-state index contributed by atoms with van der Waals surface area (Å²) >= 11 is 0. The van der Waals surface area contributed by atoms with E-state index in [4.69, 9.17) is 0 Å². The van der Waals surface area contributed by atoms with Gasteiger partial charge in [-0.3, -0.25) is 0 Å². The minimum atomic E-state index is -0.176. The topological polar surface area (TPSA) is 15.3 Å². The van der Waals surface area contributed by atoms with Crippen molar-refractivity contribution in [3.63, 3.8) is 0 Å². The van der Waals surface area contributed by atoms with E-state index in [1.807, 2.05) is 6.07 Å². The molecule has 0 bridgehead atoms. The van der Waals surface area contributed by atoms with E-state index in [9.17, 15) is 4.39 Å². The summed E-state index contributed by atoms with van der Waals surface area (Å²) in [5.74, 6) is 0.766. The monoisotopic (exact) mass is 264 g/mol. The maximum Gasteiger partial charge on any atom is 0.125 e. The smallest absolute Gasteiger partial charge is 0.125 e. The molecule has 1 aliphatic rings. The minimum Gasteiger partial charge on any atom is -0.384 e. The molecule has 0 atom stereocenters. The number of halogens is 1. The highest BCUT2D eigenvalue weighted by atomic mass is 19.1. The largest absolute Gasteiger partial charge is 0.384 e. The Balaban J connectivity index is 1.64. The van der Waals surface area contributed by atoms with Crippen molar-refractivity contribution >= 4 is 5.69 Å². The van der Waals surface area contributed by atoms with Crippen molar-refractivity contribution in [3.8, 4) is 0 Å². The summed E-state index contributed by atoms with van der Waals surface area (Å²) in [6, 6.07) is 6.68. The summed E-state index contributed by atoms with van der Waals surface area (Å²) in [6.07, 6.45) is 5.38. The highest BCUT2D eigenvalue weighted by Gasteiger charge is 2.17. The number of hydrogen-bond donors (Lipinski definition) is 1. The summed E-state index contributed by atoms with van der Waals surface area (Å²) < 4.78 is 13.0. The van der Waals surface area contributed by atoms with Crippen LogP contribution in [0.4, 0.5) is 10.1 Å². The molecule has 0 spiro atoms. The Bertz CT molecular complexity index is 373. The standard InChI is InChI=1S/C16H25FN2/c1-2-4-14-7-10-19(11-8-14)12-9-18-16-6-3-5-15(17)13-16/h3,5-6,13-14,18H,2,4,7-12H2,1H3. The molecule has 106 valence electrons. The highest BCUT2D eigenvalue weighted by molar-refractivity contribution is 5.42. The molecular weight excluding hydrogens is 239 g/mol. The van der Waals surface area contributed by atoms with E-state index in [1.165, 1.54) is 44.8 Å². The lowest BCUT2D eigenvalue weighted by atomic mass is 9.92. The molecule has 0 unspecified atom stereocenters. The molecule has 2 rings (SSSR count). The second-order valence-electron chi connectivity index (χ2n) is 5.51. The molecule has 2 nitrogen and oxygen atoms in total. The van der Waals surface area contributed by atoms with Gasteiger partial charge < -0.3 is 10.2 Å². The van der Waals surface area contributed by atoms with Crippen LogP contribution in [-0.2, 0) is 0 Å². The lowest BCUT2D eigenvalue weighted by Gasteiger charge is -2.31. The normalized spacial score (nSPS) is 17.6. The van der Waals surface area contributed by atoms with Gasteiger partial charge in [-0.05, 0) is 50.0 Å². The Morgan fingerprint density at radius 1 is 1.32 bits per heavy atom. The number of piperidine rings is 1. The first-order valence-electron chi connectivity index (χ1n) is 7.49. The van der Waals surface area contributed by atoms with Crippen molar-refractivity contribution in [2.24, 2.45) is 5.92 Å². The third kappa shape index (κ3) is 4.83. The first-order valence-corrected chi connectivity index (χ1v) is 7.49. The molecule has 0 aliphatic carbocycles. The van der Waals surface area contributed by atoms with Crippen molar-refractivity contribution in [3.05, 3.63) is 30.1 Å². The van der Waals surface area contributed by atoms with E-state index < -0.39 is 0 Å². The molecule has 0 radical (unpaired) electrons. The SMILES string of the molecule is CCCC1CCN(CCNc2cccc(F)c2)CC1. The second kappa shape index (κ2) is 7.49. The van der Waals surface area contributed by atoms with E-state index >= 15 is 0 Å². The number of benzene rings is 1. The maximum absolute atomic E-state index is 13.0. The molecule has 1 saturated heterocycles. The molecule has 1 heterocycles. The van der Waals surface area contributed by atoms with Crippen LogP contribution < -0.4 is 5.32 Å². The van der Waals surface area contributed by atoms with E-state index in [1.54, 1.807) is 12.1 Å². The van der Waals surface area contributed by atoms with E-state index in [0.29, 0.717) is 0 Å². The van der Waals surface area contributed by atoms with E-state index in [-0.39, 0.29) is 5.82 Å². The van der Waals surface area contributed by atoms with Gasteiger partial charge in [0.05, 0.1) is 0 Å². The van der Waals surface area contributed by atoms with Gasteiger partial charge in [0.25, 0.3) is 0 Å². The second-order valence-corrected chi connectivity index (χ2v) is 5.51. The zero-order valence-corrected chi connectivity index (χ0v) is 11.9. The van der Waals surface area contributed by atoms with Gasteiger partial charge in [-0.2, -0.15) is 0 Å². The first-order chi connectivity index (χ1) is 9.28. The number of anilines is 1. The van der Waals surface area contributed by atoms with Crippen molar-refractivity contribution in [1.82, 2.24) is 4.90 Å². The average Bonchev–Trinajstić information content (AvgIpc) is 2.41. The molecule has 1 fully saturated rings. The molecule has 0 amide bonds. The molecule has 0 aromatic heterocycles. The number of hydrogen-bond acceptors (Lipinski definition) is 2. The fourth-order valence-electron chi connectivity index (χ4n) is 2.86. The van der Waals surface area contributed by atoms with Crippen LogP contribution in [0.25, 0.3) is 0 Å². The molecule has 19 heavy (non-hydrogen) atoms. The number of likely N-dealkylation sites (tertiary alicyclic amines) is 1. The van der Waals surface area contributed by atoms with Crippen LogP contribution in [-0.4, -0.2) is 31.1 Å². The quantitative estimate of drug-likeness (QED) is 0.842. The summed E-state index contributed by atoms with van der Waals surface area (Å²) in [5, 5.41) is 3.29. The highest BCUT2D eigenvalue weighted by Crippen LogP contribution is 2.21. The van der Waals surface area contributed by atoms with Crippen LogP contribution >= 0.6 is 0 Å². The molecule has 1 aromatic rings. The minimum absolute atomic E-state index is 0.176. The van der Waals surface area contributed by atoms with Crippen molar-refractivity contribution < 1.29 is 4.39 Å². The lowest BCUT2D eigenvalue weighted by molar-refractivity contribution is 0.184. The van der Waals surface area contributed by atoms with Crippen molar-refractivity contribution in [2.75, 3.05) is 31.5 Å². The van der Waals surface area contributed by atoms with Crippen LogP contribution in [0.2, 0.25) is 0 Å². The fourth-order valence-corrected chi connectivity index (χ4v) is 2.86. The van der Waals surface area contributed by atoms with Gasteiger partial charge in [0.2, 0.25) is 0 Å². The number of nitrogens with one attached hydrogen (secondary N) is 1. The van der Waals surface area contributed by atoms with Gasteiger partial charge in [0.15, 0.2) is 0 Å². The fraction of sp³-hybridized carbons (Fsp3) is 0.625. The Morgan fingerprint density at radius 2 is 2.11 bits per heavy atom. The van der Waals surface area contributed by atoms with Gasteiger partial charge in [-0.15, -0.1) is 0 Å². The zero-order valence-electron chi connectivity index (χ0n) is 11.9. The number of rotatable bonds is 6. The Kier molecular flexibility index (Phi) is 5.64. The van der Waals surface area contributed by atoms with Gasteiger partial charge in [0, 0.05) is 18.8 Å². The molecule has 3 heteroatoms. The Morgan fingerprint density at radius 3 is 2.79 bits per heavy atom. The summed E-state index contributed by atoms with van der Waals surface area (Å²) in [5.41, 5.74) is 0.876. The molecule has 1 aromatic carbocycles. The van der Waals surface area contributed by atoms with Crippen LogP contribution in [0.15, 0.2) is 24.3 Å². The summed E-state index contributed by atoms with van der Waals surface area (Å²) in [7, 11) is 0. The van der Waals surface area contributed by atoms with Gasteiger partial charge in [-0.25, -0.2) is 4.39 Å². The zero-order chi connectivity index (χ0) is 13.5. The molecule has 0 saturated carbocycles. The van der Waals surface area contributed by atoms with Crippen LogP contribution in [0.3, 0.4) is 0 Å². The van der Waals surface area contributed by atoms with Crippen LogP contribution in [0.5, 0.6) is 0 Å². The van der Waals surface area contributed by atoms with Crippen LogP contribution in [0, 0.1) is 11.7 Å². The first kappa shape index (κ1) is 14.3. The molecule has 1 aliphatic heterocycles. The molecule has 1 N–H and O–H groups in total. The Labute approximate surface area is 116 Å². The van der Waals surface area contributed by atoms with Crippen molar-refractivity contribution in [1.29, 1.82) is 0 Å². The average molecular weight is 264 g/mol. The summed E-state index contributed by atoms with van der Waals surface area (Å²) in [6.45, 7) is 6.65. The van der Waals surface area contributed by atoms with Crippen molar-refractivity contribution in [2.45, 2.75) is 32.6 Å². The van der Waals surface area contributed by atoms with Gasteiger partial charge in [0.1, 0.15) is 5.82 Å². The number of nitrogens with zero attached hydrogens (tertiary/aromatic N) is 1. The van der Waals surface area contributed by atoms with Crippen LogP contribution in [0.1, 0.15) is 32.6 Å². The predicted octanol–water partition coefficient (Wildman–Crippen LogP) is 3.75. The third-order valence-corrected chi connectivity index (χ3v) is 3.99. The summed E-state index contributed by atoms with van der Waals surface area (Å²) in [4.78, 5) is 2.51. The maximum atomic E-state index is 13.0. The third-order valence-electron chi connectivity index (χ3n) is 3.99. The van der Waals surface area contributed by atoms with Gasteiger partial charge >= 0.3 is 0 Å². The molecular formula is C16H25FN2. The van der Waals surface area contributed by atoms with Gasteiger partial charge in [-0.1, -0.05) is 25.8 Å².